The van der Waals surface area contributed by atoms with Crippen molar-refractivity contribution in [1.82, 2.24) is 9.21 Å². The minimum absolute atomic E-state index is 0.00453. The van der Waals surface area contributed by atoms with E-state index in [1.807, 2.05) is 25.3 Å². The van der Waals surface area contributed by atoms with E-state index in [2.05, 4.69) is 0 Å². The third kappa shape index (κ3) is 5.91. The van der Waals surface area contributed by atoms with Crippen molar-refractivity contribution in [2.24, 2.45) is 5.92 Å². The second-order valence-electron chi connectivity index (χ2n) is 9.04. The molecule has 1 atom stereocenters. The van der Waals surface area contributed by atoms with Gasteiger partial charge in [0.05, 0.1) is 17.5 Å². The highest BCUT2D eigenvalue weighted by Gasteiger charge is 2.35. The van der Waals surface area contributed by atoms with Crippen LogP contribution >= 0.6 is 22.9 Å². The Kier molecular flexibility index (Phi) is 8.34. The summed E-state index contributed by atoms with van der Waals surface area (Å²) in [6, 6.07) is 13.5. The monoisotopic (exact) mass is 550 g/mol. The molecule has 1 aliphatic rings. The molecule has 4 rings (SSSR count). The second-order valence-corrected chi connectivity index (χ2v) is 12.4. The number of fused-ring (bicyclic) bond motifs is 1. The molecular formula is C26H28ClFN2O4S2. The van der Waals surface area contributed by atoms with Gasteiger partial charge in [-0.1, -0.05) is 37.6 Å². The van der Waals surface area contributed by atoms with Gasteiger partial charge in [-0.15, -0.1) is 11.3 Å². The van der Waals surface area contributed by atoms with Crippen molar-refractivity contribution in [2.75, 3.05) is 26.2 Å². The molecule has 0 N–H and O–H groups in total. The van der Waals surface area contributed by atoms with Gasteiger partial charge in [-0.05, 0) is 65.7 Å². The van der Waals surface area contributed by atoms with Crippen LogP contribution in [-0.2, 0) is 21.2 Å². The summed E-state index contributed by atoms with van der Waals surface area (Å²) in [5.74, 6) is -0.690. The average molecular weight is 551 g/mol. The average Bonchev–Trinajstić information content (AvgIpc) is 3.32. The van der Waals surface area contributed by atoms with Crippen LogP contribution in [0, 0.1) is 11.7 Å². The number of amides is 1. The summed E-state index contributed by atoms with van der Waals surface area (Å²) in [6.45, 7) is 4.17. The number of nitrogens with zero attached hydrogens (tertiary/aromatic N) is 2. The van der Waals surface area contributed by atoms with Crippen LogP contribution < -0.4 is 4.74 Å². The number of sulfonamides is 1. The topological polar surface area (TPSA) is 66.9 Å². The summed E-state index contributed by atoms with van der Waals surface area (Å²) < 4.78 is 48.0. The van der Waals surface area contributed by atoms with Crippen LogP contribution in [-0.4, -0.2) is 49.8 Å². The van der Waals surface area contributed by atoms with Crippen molar-refractivity contribution >= 4 is 38.9 Å². The van der Waals surface area contributed by atoms with E-state index < -0.39 is 21.9 Å². The van der Waals surface area contributed by atoms with Gasteiger partial charge in [0.15, 0.2) is 11.6 Å². The molecule has 0 aliphatic carbocycles. The van der Waals surface area contributed by atoms with Gasteiger partial charge in [-0.3, -0.25) is 4.79 Å². The number of rotatable bonds is 9. The number of para-hydroxylation sites is 1. The fourth-order valence-corrected chi connectivity index (χ4v) is 6.86. The van der Waals surface area contributed by atoms with Crippen LogP contribution in [0.5, 0.6) is 5.75 Å². The molecule has 36 heavy (non-hydrogen) atoms. The lowest BCUT2D eigenvalue weighted by molar-refractivity contribution is -0.135. The molecule has 0 saturated carbocycles. The first kappa shape index (κ1) is 26.6. The van der Waals surface area contributed by atoms with Gasteiger partial charge in [-0.25, -0.2) is 12.8 Å². The van der Waals surface area contributed by atoms with Crippen LogP contribution in [0.15, 0.2) is 64.9 Å². The maximum atomic E-state index is 14.2. The minimum Gasteiger partial charge on any atom is -0.488 e. The molecule has 2 aromatic carbocycles. The molecule has 0 saturated heterocycles. The quantitative estimate of drug-likeness (QED) is 0.358. The third-order valence-electron chi connectivity index (χ3n) is 5.98. The van der Waals surface area contributed by atoms with E-state index in [-0.39, 0.29) is 42.2 Å². The molecule has 1 amide bonds. The Balaban J connectivity index is 1.58. The lowest BCUT2D eigenvalue weighted by Gasteiger charge is -2.37. The Morgan fingerprint density at radius 2 is 1.92 bits per heavy atom. The molecular weight excluding hydrogens is 523 g/mol. The van der Waals surface area contributed by atoms with E-state index in [1.54, 1.807) is 34.4 Å². The van der Waals surface area contributed by atoms with Crippen LogP contribution in [0.4, 0.5) is 4.39 Å². The van der Waals surface area contributed by atoms with Crippen molar-refractivity contribution in [3.05, 3.63) is 81.3 Å². The zero-order valence-electron chi connectivity index (χ0n) is 20.1. The van der Waals surface area contributed by atoms with E-state index in [0.29, 0.717) is 18.0 Å². The minimum atomic E-state index is -3.93. The highest BCUT2D eigenvalue weighted by atomic mass is 35.5. The Hall–Kier alpha value is -2.46. The molecule has 2 heterocycles. The predicted octanol–water partition coefficient (Wildman–Crippen LogP) is 5.39. The molecule has 0 spiro atoms. The van der Waals surface area contributed by atoms with Crippen LogP contribution in [0.1, 0.15) is 30.3 Å². The molecule has 1 aliphatic heterocycles. The number of carbonyl (C=O) groups excluding carboxylic acids is 1. The Bertz CT molecular complexity index is 1310. The normalized spacial score (nSPS) is 15.8. The molecule has 1 aromatic heterocycles. The molecule has 10 heteroatoms. The molecule has 0 radical (unpaired) electrons. The second kappa shape index (κ2) is 11.3. The standard InChI is InChI=1S/C26H28ClFN2O4S2/c1-18(2)15-29(36(32,33)20-9-7-19(27)8-10-20)16-26(31)30-13-11-25-21(12-14-35-25)23(30)17-34-24-6-4-3-5-22(24)28/h3-10,12,14,18,23H,11,13,15-17H2,1-2H3. The van der Waals surface area contributed by atoms with Gasteiger partial charge in [0.1, 0.15) is 6.61 Å². The van der Waals surface area contributed by atoms with E-state index in [4.69, 9.17) is 16.3 Å². The largest absolute Gasteiger partial charge is 0.488 e. The summed E-state index contributed by atoms with van der Waals surface area (Å²) in [4.78, 5) is 16.5. The van der Waals surface area contributed by atoms with Crippen molar-refractivity contribution < 1.29 is 22.3 Å². The van der Waals surface area contributed by atoms with E-state index in [0.717, 1.165) is 10.4 Å². The van der Waals surface area contributed by atoms with Gasteiger partial charge < -0.3 is 9.64 Å². The van der Waals surface area contributed by atoms with Crippen molar-refractivity contribution in [1.29, 1.82) is 0 Å². The summed E-state index contributed by atoms with van der Waals surface area (Å²) in [5, 5.41) is 2.39. The summed E-state index contributed by atoms with van der Waals surface area (Å²) in [5.41, 5.74) is 0.951. The summed E-state index contributed by atoms with van der Waals surface area (Å²) >= 11 is 7.55. The highest BCUT2D eigenvalue weighted by Crippen LogP contribution is 2.34. The molecule has 6 nitrogen and oxygen atoms in total. The first-order valence-electron chi connectivity index (χ1n) is 11.7. The lowest BCUT2D eigenvalue weighted by atomic mass is 10.0. The van der Waals surface area contributed by atoms with Crippen molar-refractivity contribution in [3.8, 4) is 5.75 Å². The highest BCUT2D eigenvalue weighted by molar-refractivity contribution is 7.89. The molecule has 1 unspecified atom stereocenters. The Labute approximate surface area is 220 Å². The number of hydrogen-bond acceptors (Lipinski definition) is 5. The van der Waals surface area contributed by atoms with Crippen molar-refractivity contribution in [3.63, 3.8) is 0 Å². The fraction of sp³-hybridized carbons (Fsp3) is 0.346. The Morgan fingerprint density at radius 3 is 2.61 bits per heavy atom. The maximum Gasteiger partial charge on any atom is 0.243 e. The van der Waals surface area contributed by atoms with Gasteiger partial charge in [0.25, 0.3) is 0 Å². The summed E-state index contributed by atoms with van der Waals surface area (Å²) in [7, 11) is -3.93. The number of thiophene rings is 1. The first-order chi connectivity index (χ1) is 17.2. The predicted molar refractivity (Wildman–Crippen MR) is 139 cm³/mol. The van der Waals surface area contributed by atoms with Gasteiger partial charge >= 0.3 is 0 Å². The van der Waals surface area contributed by atoms with Crippen LogP contribution in [0.25, 0.3) is 0 Å². The number of carbonyl (C=O) groups is 1. The zero-order chi connectivity index (χ0) is 25.9. The summed E-state index contributed by atoms with van der Waals surface area (Å²) in [6.07, 6.45) is 0.670. The first-order valence-corrected chi connectivity index (χ1v) is 14.4. The van der Waals surface area contributed by atoms with Crippen LogP contribution in [0.2, 0.25) is 5.02 Å². The molecule has 3 aromatic rings. The number of benzene rings is 2. The fourth-order valence-electron chi connectivity index (χ4n) is 4.26. The SMILES string of the molecule is CC(C)CN(CC(=O)N1CCc2sccc2C1COc1ccccc1F)S(=O)(=O)c1ccc(Cl)cc1. The maximum absolute atomic E-state index is 14.2. The van der Waals surface area contributed by atoms with E-state index >= 15 is 0 Å². The zero-order valence-corrected chi connectivity index (χ0v) is 22.5. The number of halogens is 2. The van der Waals surface area contributed by atoms with Gasteiger partial charge in [-0.2, -0.15) is 4.31 Å². The molecule has 0 fully saturated rings. The lowest BCUT2D eigenvalue weighted by Crippen LogP contribution is -2.48. The molecule has 0 bridgehead atoms. The molecule has 192 valence electrons. The Morgan fingerprint density at radius 1 is 1.19 bits per heavy atom. The third-order valence-corrected chi connectivity index (χ3v) is 9.05. The van der Waals surface area contributed by atoms with Crippen molar-refractivity contribution in [2.45, 2.75) is 31.2 Å². The smallest absolute Gasteiger partial charge is 0.243 e. The van der Waals surface area contributed by atoms with E-state index in [1.165, 1.54) is 34.6 Å². The van der Waals surface area contributed by atoms with Gasteiger partial charge in [0, 0.05) is 23.0 Å². The van der Waals surface area contributed by atoms with E-state index in [9.17, 15) is 17.6 Å². The number of ether oxygens (including phenoxy) is 1. The number of hydrogen-bond donors (Lipinski definition) is 0. The van der Waals surface area contributed by atoms with Crippen LogP contribution in [0.3, 0.4) is 0 Å². The van der Waals surface area contributed by atoms with Gasteiger partial charge in [0.2, 0.25) is 15.9 Å².